The summed E-state index contributed by atoms with van der Waals surface area (Å²) in [6, 6.07) is 15.7. The molecule has 0 bridgehead atoms. The maximum atomic E-state index is 12.1. The van der Waals surface area contributed by atoms with Crippen molar-refractivity contribution in [1.29, 1.82) is 0 Å². The largest absolute Gasteiger partial charge is 0.480 e. The Hall–Kier alpha value is -2.98. The maximum Gasteiger partial charge on any atom is 0.327 e. The van der Waals surface area contributed by atoms with E-state index in [1.54, 1.807) is 48.5 Å². The van der Waals surface area contributed by atoms with Crippen LogP contribution in [0.3, 0.4) is 0 Å². The van der Waals surface area contributed by atoms with Crippen molar-refractivity contribution in [1.82, 2.24) is 10.6 Å². The van der Waals surface area contributed by atoms with Crippen molar-refractivity contribution in [2.45, 2.75) is 24.9 Å². The van der Waals surface area contributed by atoms with Crippen LogP contribution in [0.4, 0.5) is 0 Å². The Morgan fingerprint density at radius 1 is 0.656 bits per heavy atom. The van der Waals surface area contributed by atoms with Gasteiger partial charge in [0.2, 0.25) is 11.8 Å². The van der Waals surface area contributed by atoms with Gasteiger partial charge < -0.3 is 20.8 Å². The van der Waals surface area contributed by atoms with Crippen LogP contribution < -0.4 is 10.6 Å². The summed E-state index contributed by atoms with van der Waals surface area (Å²) < 4.78 is 0. The van der Waals surface area contributed by atoms with Gasteiger partial charge in [-0.05, 0) is 11.1 Å². The SMILES string of the molecule is O=C(Cc1ccccc1)NC(CSSC[C@H](NC(=O)Cc1ccccc1)C(=O)O)C(=O)O. The van der Waals surface area contributed by atoms with Crippen LogP contribution in [0, 0.1) is 0 Å². The number of carbonyl (C=O) groups is 4. The van der Waals surface area contributed by atoms with Gasteiger partial charge in [-0.15, -0.1) is 0 Å². The normalized spacial score (nSPS) is 12.4. The van der Waals surface area contributed by atoms with Gasteiger partial charge >= 0.3 is 11.9 Å². The van der Waals surface area contributed by atoms with E-state index in [1.807, 2.05) is 12.1 Å². The molecule has 4 N–H and O–H groups in total. The number of nitrogens with one attached hydrogen (secondary N) is 2. The van der Waals surface area contributed by atoms with Crippen molar-refractivity contribution in [2.75, 3.05) is 11.5 Å². The topological polar surface area (TPSA) is 133 Å². The lowest BCUT2D eigenvalue weighted by Gasteiger charge is -2.16. The van der Waals surface area contributed by atoms with Crippen LogP contribution in [-0.2, 0) is 32.0 Å². The highest BCUT2D eigenvalue weighted by Crippen LogP contribution is 2.23. The summed E-state index contributed by atoms with van der Waals surface area (Å²) in [4.78, 5) is 47.1. The highest BCUT2D eigenvalue weighted by atomic mass is 33.1. The van der Waals surface area contributed by atoms with Crippen molar-refractivity contribution in [2.24, 2.45) is 0 Å². The molecule has 32 heavy (non-hydrogen) atoms. The van der Waals surface area contributed by atoms with E-state index in [2.05, 4.69) is 10.6 Å². The molecule has 2 amide bonds. The van der Waals surface area contributed by atoms with Crippen LogP contribution in [0.25, 0.3) is 0 Å². The molecule has 10 heteroatoms. The van der Waals surface area contributed by atoms with Crippen LogP contribution in [0.15, 0.2) is 60.7 Å². The van der Waals surface area contributed by atoms with Crippen LogP contribution >= 0.6 is 21.6 Å². The highest BCUT2D eigenvalue weighted by molar-refractivity contribution is 8.76. The van der Waals surface area contributed by atoms with Crippen LogP contribution in [0.2, 0.25) is 0 Å². The molecule has 0 aromatic heterocycles. The minimum Gasteiger partial charge on any atom is -0.480 e. The van der Waals surface area contributed by atoms with E-state index < -0.39 is 35.8 Å². The number of carboxylic acids is 2. The number of hydrogen-bond donors (Lipinski definition) is 4. The molecule has 0 saturated carbocycles. The van der Waals surface area contributed by atoms with Gasteiger partial charge in [0.15, 0.2) is 0 Å². The van der Waals surface area contributed by atoms with Gasteiger partial charge in [0, 0.05) is 11.5 Å². The summed E-state index contributed by atoms with van der Waals surface area (Å²) in [5.41, 5.74) is 1.54. The number of hydrogen-bond acceptors (Lipinski definition) is 6. The lowest BCUT2D eigenvalue weighted by atomic mass is 10.1. The summed E-state index contributed by atoms with van der Waals surface area (Å²) in [7, 11) is 2.24. The fraction of sp³-hybridized carbons (Fsp3) is 0.273. The Labute approximate surface area is 193 Å². The number of carboxylic acid groups (broad SMARTS) is 2. The molecule has 2 rings (SSSR count). The van der Waals surface area contributed by atoms with Gasteiger partial charge in [-0.1, -0.05) is 82.3 Å². The number of benzene rings is 2. The first-order valence-electron chi connectivity index (χ1n) is 9.71. The number of rotatable bonds is 13. The van der Waals surface area contributed by atoms with Crippen molar-refractivity contribution >= 4 is 45.3 Å². The first-order valence-corrected chi connectivity index (χ1v) is 12.2. The van der Waals surface area contributed by atoms with Crippen LogP contribution in [0.1, 0.15) is 11.1 Å². The highest BCUT2D eigenvalue weighted by Gasteiger charge is 2.23. The van der Waals surface area contributed by atoms with Crippen LogP contribution in [-0.4, -0.2) is 57.6 Å². The van der Waals surface area contributed by atoms with Gasteiger partial charge in [-0.25, -0.2) is 9.59 Å². The minimum atomic E-state index is -1.18. The van der Waals surface area contributed by atoms with E-state index in [9.17, 15) is 29.4 Å². The lowest BCUT2D eigenvalue weighted by molar-refractivity contribution is -0.141. The Bertz CT molecular complexity index is 836. The average molecular weight is 477 g/mol. The molecular weight excluding hydrogens is 452 g/mol. The summed E-state index contributed by atoms with van der Waals surface area (Å²) in [5.74, 6) is -3.08. The Morgan fingerprint density at radius 2 is 1.00 bits per heavy atom. The molecule has 2 aromatic carbocycles. The monoisotopic (exact) mass is 476 g/mol. The second kappa shape index (κ2) is 13.4. The molecule has 0 heterocycles. The number of amides is 2. The van der Waals surface area contributed by atoms with Crippen molar-refractivity contribution in [3.05, 3.63) is 71.8 Å². The summed E-state index contributed by atoms with van der Waals surface area (Å²) >= 11 is 0. The molecule has 2 atom stereocenters. The molecule has 170 valence electrons. The Kier molecular flexibility index (Phi) is 10.6. The van der Waals surface area contributed by atoms with E-state index in [4.69, 9.17) is 0 Å². The lowest BCUT2D eigenvalue weighted by Crippen LogP contribution is -2.44. The number of aliphatic carboxylic acids is 2. The molecule has 0 aliphatic heterocycles. The second-order valence-corrected chi connectivity index (χ2v) is 9.36. The smallest absolute Gasteiger partial charge is 0.327 e. The zero-order chi connectivity index (χ0) is 23.3. The molecule has 0 fully saturated rings. The van der Waals surface area contributed by atoms with E-state index in [1.165, 1.54) is 0 Å². The summed E-state index contributed by atoms with van der Waals surface area (Å²) in [6.45, 7) is 0. The van der Waals surface area contributed by atoms with Gasteiger partial charge in [0.1, 0.15) is 12.1 Å². The summed E-state index contributed by atoms with van der Waals surface area (Å²) in [6.07, 6.45) is 0.133. The van der Waals surface area contributed by atoms with E-state index >= 15 is 0 Å². The number of carbonyl (C=O) groups excluding carboxylic acids is 2. The van der Waals surface area contributed by atoms with Crippen molar-refractivity contribution in [3.63, 3.8) is 0 Å². The van der Waals surface area contributed by atoms with E-state index in [0.717, 1.165) is 32.7 Å². The molecule has 0 aliphatic rings. The molecule has 0 saturated heterocycles. The fourth-order valence-corrected chi connectivity index (χ4v) is 4.95. The van der Waals surface area contributed by atoms with Crippen molar-refractivity contribution < 1.29 is 29.4 Å². The zero-order valence-electron chi connectivity index (χ0n) is 17.1. The third-order valence-electron chi connectivity index (χ3n) is 4.23. The van der Waals surface area contributed by atoms with Gasteiger partial charge in [0.05, 0.1) is 12.8 Å². The van der Waals surface area contributed by atoms with Crippen LogP contribution in [0.5, 0.6) is 0 Å². The van der Waals surface area contributed by atoms with E-state index in [-0.39, 0.29) is 24.3 Å². The van der Waals surface area contributed by atoms with E-state index in [0.29, 0.717) is 0 Å². The first kappa shape index (κ1) is 25.3. The second-order valence-electron chi connectivity index (χ2n) is 6.81. The predicted octanol–water partition coefficient (Wildman–Crippen LogP) is 1.99. The fourth-order valence-electron chi connectivity index (χ4n) is 2.63. The van der Waals surface area contributed by atoms with Crippen molar-refractivity contribution in [3.8, 4) is 0 Å². The molecule has 1 unspecified atom stereocenters. The molecule has 0 radical (unpaired) electrons. The third-order valence-corrected chi connectivity index (χ3v) is 6.66. The average Bonchev–Trinajstić information content (AvgIpc) is 2.76. The third kappa shape index (κ3) is 9.44. The minimum absolute atomic E-state index is 0.0465. The zero-order valence-corrected chi connectivity index (χ0v) is 18.7. The molecule has 8 nitrogen and oxygen atoms in total. The first-order chi connectivity index (χ1) is 15.3. The molecular formula is C22H24N2O6S2. The predicted molar refractivity (Wildman–Crippen MR) is 124 cm³/mol. The quantitative estimate of drug-likeness (QED) is 0.255. The van der Waals surface area contributed by atoms with Gasteiger partial charge in [-0.2, -0.15) is 0 Å². The van der Waals surface area contributed by atoms with Gasteiger partial charge in [0.25, 0.3) is 0 Å². The Balaban J connectivity index is 1.76. The molecule has 0 aliphatic carbocycles. The summed E-state index contributed by atoms with van der Waals surface area (Å²) in [5, 5.41) is 23.7. The Morgan fingerprint density at radius 3 is 1.31 bits per heavy atom. The standard InChI is InChI=1S/C22H24N2O6S2/c25-19(11-15-7-3-1-4-8-15)23-17(21(27)28)13-31-32-14-18(22(29)30)24-20(26)12-16-9-5-2-6-10-16/h1-10,17-18H,11-14H2,(H,23,25)(H,24,26)(H,27,28)(H,29,30)/t17-,18?/m0/s1. The van der Waals surface area contributed by atoms with Gasteiger partial charge in [-0.3, -0.25) is 9.59 Å². The molecule has 0 spiro atoms. The molecule has 2 aromatic rings. The maximum absolute atomic E-state index is 12.1.